The number of likely N-dealkylation sites (tertiary alicyclic amines) is 1. The highest BCUT2D eigenvalue weighted by atomic mass is 16.5. The highest BCUT2D eigenvalue weighted by Crippen LogP contribution is 2.23. The van der Waals surface area contributed by atoms with Crippen molar-refractivity contribution in [3.05, 3.63) is 29.8 Å². The van der Waals surface area contributed by atoms with Gasteiger partial charge in [-0.3, -0.25) is 9.59 Å². The van der Waals surface area contributed by atoms with Gasteiger partial charge >= 0.3 is 5.97 Å². The van der Waals surface area contributed by atoms with Crippen LogP contribution in [-0.4, -0.2) is 47.9 Å². The Morgan fingerprint density at radius 1 is 1.11 bits per heavy atom. The molecule has 3 rings (SSSR count). The number of rotatable bonds is 5. The van der Waals surface area contributed by atoms with Gasteiger partial charge in [0.2, 0.25) is 5.91 Å². The second-order valence-corrected chi connectivity index (χ2v) is 7.69. The number of ether oxygens (including phenoxy) is 1. The number of hydrogen-bond donors (Lipinski definition) is 0. The smallest absolute Gasteiger partial charge is 0.338 e. The average Bonchev–Trinajstić information content (AvgIpc) is 2.73. The molecule has 2 aliphatic rings. The lowest BCUT2D eigenvalue weighted by Gasteiger charge is -2.36. The van der Waals surface area contributed by atoms with Gasteiger partial charge in [0.15, 0.2) is 6.10 Å². The van der Waals surface area contributed by atoms with Crippen LogP contribution in [0.15, 0.2) is 24.3 Å². The zero-order valence-electron chi connectivity index (χ0n) is 16.9. The van der Waals surface area contributed by atoms with E-state index in [1.165, 1.54) is 0 Å². The van der Waals surface area contributed by atoms with Crippen LogP contribution in [0.25, 0.3) is 0 Å². The molecule has 6 nitrogen and oxygen atoms in total. The number of piperidine rings is 2. The molecular weight excluding hydrogens is 356 g/mol. The van der Waals surface area contributed by atoms with Crippen molar-refractivity contribution in [1.29, 1.82) is 0 Å². The van der Waals surface area contributed by atoms with Gasteiger partial charge in [-0.25, -0.2) is 4.79 Å². The molecule has 0 radical (unpaired) electrons. The molecular formula is C22H30N2O4. The van der Waals surface area contributed by atoms with Crippen molar-refractivity contribution in [2.24, 2.45) is 0 Å². The maximum Gasteiger partial charge on any atom is 0.338 e. The van der Waals surface area contributed by atoms with E-state index in [0.29, 0.717) is 18.5 Å². The summed E-state index contributed by atoms with van der Waals surface area (Å²) in [6.45, 7) is 5.17. The van der Waals surface area contributed by atoms with Crippen LogP contribution in [0.2, 0.25) is 0 Å². The molecule has 0 saturated carbocycles. The van der Waals surface area contributed by atoms with Crippen LogP contribution in [0.1, 0.15) is 69.2 Å². The molecule has 0 aromatic heterocycles. The van der Waals surface area contributed by atoms with E-state index >= 15 is 0 Å². The van der Waals surface area contributed by atoms with E-state index in [4.69, 9.17) is 4.74 Å². The molecule has 1 aromatic rings. The van der Waals surface area contributed by atoms with Crippen molar-refractivity contribution >= 4 is 23.5 Å². The van der Waals surface area contributed by atoms with E-state index in [0.717, 1.165) is 50.8 Å². The molecule has 2 saturated heterocycles. The van der Waals surface area contributed by atoms with Crippen molar-refractivity contribution in [1.82, 2.24) is 4.90 Å². The summed E-state index contributed by atoms with van der Waals surface area (Å²) in [5, 5.41) is 0. The fourth-order valence-electron chi connectivity index (χ4n) is 4.08. The zero-order valence-corrected chi connectivity index (χ0v) is 16.9. The molecule has 2 atom stereocenters. The molecule has 2 aliphatic heterocycles. The molecule has 28 heavy (non-hydrogen) atoms. The highest BCUT2D eigenvalue weighted by Gasteiger charge is 2.30. The minimum atomic E-state index is -0.803. The Balaban J connectivity index is 1.60. The van der Waals surface area contributed by atoms with Gasteiger partial charge in [-0.15, -0.1) is 0 Å². The van der Waals surface area contributed by atoms with Gasteiger partial charge in [-0.2, -0.15) is 0 Å². The van der Waals surface area contributed by atoms with Crippen molar-refractivity contribution in [3.8, 4) is 0 Å². The standard InChI is InChI=1S/C22H30N2O4/c1-3-18-8-4-6-15-24(18)21(26)16(2)28-22(27)17-10-12-19(13-11-17)23-14-7-5-9-20(23)25/h10-13,16,18H,3-9,14-15H2,1-2H3. The molecule has 2 heterocycles. The molecule has 0 aliphatic carbocycles. The number of anilines is 1. The lowest BCUT2D eigenvalue weighted by Crippen LogP contribution is -2.48. The normalized spacial score (nSPS) is 21.4. The van der Waals surface area contributed by atoms with Crippen LogP contribution in [0.5, 0.6) is 0 Å². The topological polar surface area (TPSA) is 66.9 Å². The quantitative estimate of drug-likeness (QED) is 0.726. The number of amides is 2. The number of esters is 1. The first-order chi connectivity index (χ1) is 13.5. The Bertz CT molecular complexity index is 716. The number of carbonyl (C=O) groups is 3. The van der Waals surface area contributed by atoms with Gasteiger partial charge in [-0.05, 0) is 69.7 Å². The van der Waals surface area contributed by atoms with E-state index < -0.39 is 12.1 Å². The number of carbonyl (C=O) groups excluding carboxylic acids is 3. The van der Waals surface area contributed by atoms with Crippen LogP contribution in [0.4, 0.5) is 5.69 Å². The van der Waals surface area contributed by atoms with Crippen molar-refractivity contribution in [2.75, 3.05) is 18.0 Å². The van der Waals surface area contributed by atoms with Crippen LogP contribution < -0.4 is 4.90 Å². The molecule has 0 spiro atoms. The lowest BCUT2D eigenvalue weighted by molar-refractivity contribution is -0.143. The van der Waals surface area contributed by atoms with Crippen molar-refractivity contribution in [2.45, 2.75) is 70.9 Å². The number of nitrogens with zero attached hydrogens (tertiary/aromatic N) is 2. The van der Waals surface area contributed by atoms with Crippen molar-refractivity contribution < 1.29 is 19.1 Å². The second kappa shape index (κ2) is 9.22. The number of hydrogen-bond acceptors (Lipinski definition) is 4. The van der Waals surface area contributed by atoms with Crippen LogP contribution in [0, 0.1) is 0 Å². The predicted molar refractivity (Wildman–Crippen MR) is 107 cm³/mol. The third-order valence-corrected chi connectivity index (χ3v) is 5.75. The Morgan fingerprint density at radius 3 is 2.50 bits per heavy atom. The summed E-state index contributed by atoms with van der Waals surface area (Å²) in [7, 11) is 0. The Kier molecular flexibility index (Phi) is 6.70. The monoisotopic (exact) mass is 386 g/mol. The second-order valence-electron chi connectivity index (χ2n) is 7.69. The average molecular weight is 386 g/mol. The van der Waals surface area contributed by atoms with Crippen molar-refractivity contribution in [3.63, 3.8) is 0 Å². The van der Waals surface area contributed by atoms with Gasteiger partial charge in [0.1, 0.15) is 0 Å². The van der Waals surface area contributed by atoms with Gasteiger partial charge in [-0.1, -0.05) is 6.92 Å². The summed E-state index contributed by atoms with van der Waals surface area (Å²) in [4.78, 5) is 40.9. The molecule has 0 bridgehead atoms. The van der Waals surface area contributed by atoms with Crippen LogP contribution >= 0.6 is 0 Å². The molecule has 6 heteroatoms. The summed E-state index contributed by atoms with van der Waals surface area (Å²) in [5.41, 5.74) is 1.18. The summed E-state index contributed by atoms with van der Waals surface area (Å²) in [6.07, 6.45) is 5.76. The summed E-state index contributed by atoms with van der Waals surface area (Å²) < 4.78 is 5.44. The third kappa shape index (κ3) is 4.54. The van der Waals surface area contributed by atoms with Gasteiger partial charge in [0.05, 0.1) is 5.56 Å². The maximum atomic E-state index is 12.7. The maximum absolute atomic E-state index is 12.7. The Hall–Kier alpha value is -2.37. The largest absolute Gasteiger partial charge is 0.449 e. The SMILES string of the molecule is CCC1CCCCN1C(=O)C(C)OC(=O)c1ccc(N2CCCCC2=O)cc1. The molecule has 1 aromatic carbocycles. The molecule has 2 unspecified atom stereocenters. The summed E-state index contributed by atoms with van der Waals surface area (Å²) >= 11 is 0. The molecule has 0 N–H and O–H groups in total. The van der Waals surface area contributed by atoms with Gasteiger partial charge in [0.25, 0.3) is 5.91 Å². The van der Waals surface area contributed by atoms with Gasteiger partial charge in [0, 0.05) is 31.2 Å². The van der Waals surface area contributed by atoms with Crippen LogP contribution in [0.3, 0.4) is 0 Å². The fraction of sp³-hybridized carbons (Fsp3) is 0.591. The van der Waals surface area contributed by atoms with Crippen LogP contribution in [-0.2, 0) is 14.3 Å². The van der Waals surface area contributed by atoms with E-state index in [1.54, 1.807) is 36.1 Å². The summed E-state index contributed by atoms with van der Waals surface area (Å²) in [6, 6.07) is 7.09. The number of benzene rings is 1. The molecule has 2 fully saturated rings. The van der Waals surface area contributed by atoms with E-state index in [2.05, 4.69) is 6.92 Å². The highest BCUT2D eigenvalue weighted by molar-refractivity contribution is 5.96. The Morgan fingerprint density at radius 2 is 1.82 bits per heavy atom. The first-order valence-corrected chi connectivity index (χ1v) is 10.4. The fourth-order valence-corrected chi connectivity index (χ4v) is 4.08. The van der Waals surface area contributed by atoms with E-state index in [9.17, 15) is 14.4 Å². The van der Waals surface area contributed by atoms with Gasteiger partial charge < -0.3 is 14.5 Å². The minimum absolute atomic E-state index is 0.115. The third-order valence-electron chi connectivity index (χ3n) is 5.75. The van der Waals surface area contributed by atoms with E-state index in [1.807, 2.05) is 4.90 Å². The van der Waals surface area contributed by atoms with E-state index in [-0.39, 0.29) is 17.9 Å². The lowest BCUT2D eigenvalue weighted by atomic mass is 9.99. The Labute approximate surface area is 166 Å². The molecule has 152 valence electrons. The predicted octanol–water partition coefficient (Wildman–Crippen LogP) is 3.54. The first-order valence-electron chi connectivity index (χ1n) is 10.4. The zero-order chi connectivity index (χ0) is 20.1. The minimum Gasteiger partial charge on any atom is -0.449 e. The first kappa shape index (κ1) is 20.4. The molecule has 2 amide bonds. The summed E-state index contributed by atoms with van der Waals surface area (Å²) in [5.74, 6) is -0.509.